The van der Waals surface area contributed by atoms with Crippen LogP contribution < -0.4 is 21.1 Å². The van der Waals surface area contributed by atoms with Crippen molar-refractivity contribution in [2.75, 3.05) is 12.4 Å². The predicted octanol–water partition coefficient (Wildman–Crippen LogP) is 2.86. The van der Waals surface area contributed by atoms with Gasteiger partial charge < -0.3 is 25.3 Å². The fraction of sp³-hybridized carbons (Fsp3) is 0.167. The van der Waals surface area contributed by atoms with Crippen LogP contribution >= 0.6 is 12.4 Å². The van der Waals surface area contributed by atoms with Crippen molar-refractivity contribution in [2.24, 2.45) is 0 Å². The first-order valence-corrected chi connectivity index (χ1v) is 7.75. The quantitative estimate of drug-likeness (QED) is 0.680. The number of aromatic nitrogens is 2. The molecule has 4 N–H and O–H groups in total. The van der Waals surface area contributed by atoms with Gasteiger partial charge in [0.25, 0.3) is 0 Å². The van der Waals surface area contributed by atoms with Crippen molar-refractivity contribution >= 4 is 29.7 Å². The molecule has 7 heteroatoms. The maximum Gasteiger partial charge on any atom is 0.323 e. The minimum absolute atomic E-state index is 0. The van der Waals surface area contributed by atoms with Gasteiger partial charge >= 0.3 is 5.69 Å². The molecule has 0 bridgehead atoms. The Hall–Kier alpha value is -2.86. The number of hydrogen-bond donors (Lipinski definition) is 4. The number of anilines is 1. The van der Waals surface area contributed by atoms with E-state index in [2.05, 4.69) is 20.6 Å². The molecule has 4 rings (SSSR count). The number of halogens is 1. The van der Waals surface area contributed by atoms with Gasteiger partial charge in [-0.1, -0.05) is 6.08 Å². The second-order valence-corrected chi connectivity index (χ2v) is 5.86. The highest BCUT2D eigenvalue weighted by atomic mass is 35.5. The van der Waals surface area contributed by atoms with Crippen LogP contribution in [0.1, 0.15) is 18.3 Å². The summed E-state index contributed by atoms with van der Waals surface area (Å²) in [5.41, 5.74) is 5.42. The minimum Gasteiger partial charge on any atom is -0.497 e. The zero-order valence-electron chi connectivity index (χ0n) is 13.8. The van der Waals surface area contributed by atoms with Gasteiger partial charge in [0.1, 0.15) is 5.75 Å². The van der Waals surface area contributed by atoms with Gasteiger partial charge in [0.15, 0.2) is 0 Å². The maximum atomic E-state index is 11.7. The summed E-state index contributed by atoms with van der Waals surface area (Å²) in [5, 5.41) is 6.87. The predicted molar refractivity (Wildman–Crippen MR) is 102 cm³/mol. The summed E-state index contributed by atoms with van der Waals surface area (Å²) in [6.07, 6.45) is 6.02. The number of dihydropyridines is 1. The fourth-order valence-electron chi connectivity index (χ4n) is 3.12. The van der Waals surface area contributed by atoms with Gasteiger partial charge in [0, 0.05) is 22.7 Å². The normalized spacial score (nSPS) is 17.7. The van der Waals surface area contributed by atoms with Crippen molar-refractivity contribution in [1.82, 2.24) is 15.3 Å². The maximum absolute atomic E-state index is 11.7. The molecule has 0 saturated carbocycles. The van der Waals surface area contributed by atoms with E-state index < -0.39 is 0 Å². The first kappa shape index (κ1) is 17.0. The van der Waals surface area contributed by atoms with Crippen molar-refractivity contribution in [3.63, 3.8) is 0 Å². The van der Waals surface area contributed by atoms with E-state index in [1.54, 1.807) is 7.11 Å². The van der Waals surface area contributed by atoms with Gasteiger partial charge in [0.2, 0.25) is 0 Å². The van der Waals surface area contributed by atoms with Crippen molar-refractivity contribution < 1.29 is 4.74 Å². The van der Waals surface area contributed by atoms with E-state index in [-0.39, 0.29) is 24.1 Å². The number of rotatable bonds is 3. The van der Waals surface area contributed by atoms with Crippen LogP contribution in [0, 0.1) is 0 Å². The third kappa shape index (κ3) is 3.08. The molecule has 2 heterocycles. The standard InChI is InChI=1S/C18H18N4O2.ClH/c1-10-9-15(20-11-3-5-12(24-2)6-4-11)16-13(19-10)7-8-14-17(16)22-18(23)21-14;/h3-9,13,19-20H,1-2H3,(H2,21,22,23);1H. The molecule has 1 atom stereocenters. The van der Waals surface area contributed by atoms with Gasteiger partial charge in [-0.15, -0.1) is 12.4 Å². The number of hydrogen-bond acceptors (Lipinski definition) is 4. The number of methoxy groups -OCH3 is 1. The largest absolute Gasteiger partial charge is 0.497 e. The molecule has 2 aliphatic rings. The van der Waals surface area contributed by atoms with Crippen LogP contribution in [-0.2, 0) is 0 Å². The van der Waals surface area contributed by atoms with Crippen LogP contribution in [-0.4, -0.2) is 23.1 Å². The van der Waals surface area contributed by atoms with Crippen LogP contribution in [0.15, 0.2) is 52.6 Å². The number of H-pyrrole nitrogens is 2. The first-order chi connectivity index (χ1) is 11.6. The van der Waals surface area contributed by atoms with E-state index in [4.69, 9.17) is 4.74 Å². The highest BCUT2D eigenvalue weighted by Crippen LogP contribution is 2.33. The number of nitrogens with one attached hydrogen (secondary N) is 4. The van der Waals surface area contributed by atoms with Crippen molar-refractivity contribution in [1.29, 1.82) is 0 Å². The van der Waals surface area contributed by atoms with E-state index in [0.29, 0.717) is 0 Å². The summed E-state index contributed by atoms with van der Waals surface area (Å²) >= 11 is 0. The molecule has 2 aromatic rings. The summed E-state index contributed by atoms with van der Waals surface area (Å²) in [5.74, 6) is 0.811. The lowest BCUT2D eigenvalue weighted by Crippen LogP contribution is -2.33. The minimum atomic E-state index is -0.201. The third-order valence-corrected chi connectivity index (χ3v) is 4.19. The Morgan fingerprint density at radius 1 is 1.16 bits per heavy atom. The van der Waals surface area contributed by atoms with E-state index in [9.17, 15) is 4.79 Å². The smallest absolute Gasteiger partial charge is 0.323 e. The Labute approximate surface area is 151 Å². The number of allylic oxidation sites excluding steroid dienone is 2. The van der Waals surface area contributed by atoms with E-state index in [1.165, 1.54) is 0 Å². The van der Waals surface area contributed by atoms with Gasteiger partial charge in [-0.05, 0) is 43.3 Å². The molecule has 1 aromatic carbocycles. The zero-order chi connectivity index (χ0) is 16.7. The van der Waals surface area contributed by atoms with Gasteiger partial charge in [-0.25, -0.2) is 4.79 Å². The fourth-order valence-corrected chi connectivity index (χ4v) is 3.12. The highest BCUT2D eigenvalue weighted by Gasteiger charge is 2.28. The molecule has 0 amide bonds. The lowest BCUT2D eigenvalue weighted by molar-refractivity contribution is 0.415. The number of fused-ring (bicyclic) bond motifs is 3. The summed E-state index contributed by atoms with van der Waals surface area (Å²) in [4.78, 5) is 17.4. The van der Waals surface area contributed by atoms with Crippen molar-refractivity contribution in [3.8, 4) is 5.75 Å². The van der Waals surface area contributed by atoms with Gasteiger partial charge in [-0.3, -0.25) is 0 Å². The summed E-state index contributed by atoms with van der Waals surface area (Å²) in [6.45, 7) is 2.02. The number of imidazole rings is 1. The second-order valence-electron chi connectivity index (χ2n) is 5.86. The van der Waals surface area contributed by atoms with Crippen molar-refractivity contribution in [3.05, 3.63) is 69.7 Å². The average Bonchev–Trinajstić information content (AvgIpc) is 2.95. The zero-order valence-corrected chi connectivity index (χ0v) is 14.7. The molecule has 0 fully saturated rings. The SMILES string of the molecule is COc1ccc(NC2=C3c4[nH]c(=O)[nH]c4C=CC3NC(C)=C2)cc1.Cl. The van der Waals surface area contributed by atoms with Crippen LogP contribution in [0.4, 0.5) is 5.69 Å². The molecular formula is C18H19ClN4O2. The lowest BCUT2D eigenvalue weighted by atomic mass is 9.91. The molecule has 0 radical (unpaired) electrons. The molecule has 1 aromatic heterocycles. The Morgan fingerprint density at radius 2 is 1.92 bits per heavy atom. The van der Waals surface area contributed by atoms with Gasteiger partial charge in [-0.2, -0.15) is 0 Å². The van der Waals surface area contributed by atoms with Crippen molar-refractivity contribution in [2.45, 2.75) is 13.0 Å². The summed E-state index contributed by atoms with van der Waals surface area (Å²) < 4.78 is 5.20. The number of aromatic amines is 2. The number of ether oxygens (including phenoxy) is 1. The van der Waals surface area contributed by atoms with Crippen LogP contribution in [0.2, 0.25) is 0 Å². The molecule has 0 saturated heterocycles. The Balaban J connectivity index is 0.00000182. The Kier molecular flexibility index (Phi) is 4.46. The molecular weight excluding hydrogens is 340 g/mol. The van der Waals surface area contributed by atoms with Crippen LogP contribution in [0.3, 0.4) is 0 Å². The molecule has 1 aliphatic heterocycles. The van der Waals surface area contributed by atoms with Gasteiger partial charge in [0.05, 0.1) is 24.5 Å². The Bertz CT molecular complexity index is 935. The summed E-state index contributed by atoms with van der Waals surface area (Å²) in [7, 11) is 1.65. The average molecular weight is 359 g/mol. The topological polar surface area (TPSA) is 81.9 Å². The Morgan fingerprint density at radius 3 is 2.64 bits per heavy atom. The second kappa shape index (κ2) is 6.57. The highest BCUT2D eigenvalue weighted by molar-refractivity contribution is 5.86. The molecule has 1 aliphatic carbocycles. The third-order valence-electron chi connectivity index (χ3n) is 4.19. The van der Waals surface area contributed by atoms with Crippen LogP contribution in [0.25, 0.3) is 11.6 Å². The monoisotopic (exact) mass is 358 g/mol. The van der Waals surface area contributed by atoms with Crippen LogP contribution in [0.5, 0.6) is 5.75 Å². The first-order valence-electron chi connectivity index (χ1n) is 7.75. The molecule has 130 valence electrons. The number of benzene rings is 1. The molecule has 0 spiro atoms. The lowest BCUT2D eigenvalue weighted by Gasteiger charge is -2.30. The van der Waals surface area contributed by atoms with E-state index in [0.717, 1.165) is 39.8 Å². The molecule has 6 nitrogen and oxygen atoms in total. The van der Waals surface area contributed by atoms with E-state index >= 15 is 0 Å². The van der Waals surface area contributed by atoms with E-state index in [1.807, 2.05) is 49.4 Å². The summed E-state index contributed by atoms with van der Waals surface area (Å²) in [6, 6.07) is 7.77. The molecule has 1 unspecified atom stereocenters. The molecule has 25 heavy (non-hydrogen) atoms.